The Labute approximate surface area is 56.7 Å². The van der Waals surface area contributed by atoms with Crippen LogP contribution in [-0.2, 0) is 0 Å². The molecule has 1 N–H and O–H groups in total. The number of aliphatic hydroxyl groups is 1. The molecule has 1 atom stereocenters. The van der Waals surface area contributed by atoms with Gasteiger partial charge in [0.2, 0.25) is 0 Å². The summed E-state index contributed by atoms with van der Waals surface area (Å²) < 4.78 is 0. The van der Waals surface area contributed by atoms with E-state index in [0.29, 0.717) is 0 Å². The van der Waals surface area contributed by atoms with E-state index in [2.05, 4.69) is 0 Å². The van der Waals surface area contributed by atoms with Crippen LogP contribution in [0.2, 0.25) is 0 Å². The average molecular weight is 126 g/mol. The third kappa shape index (κ3) is 3.09. The summed E-state index contributed by atoms with van der Waals surface area (Å²) in [4.78, 5) is 0. The lowest BCUT2D eigenvalue weighted by Crippen LogP contribution is -2.02. The largest absolute Gasteiger partial charge is 0.385 e. The van der Waals surface area contributed by atoms with E-state index in [1.54, 1.807) is 6.08 Å². The molecule has 1 nitrogen and oxygen atoms in total. The number of aliphatic hydroxyl groups excluding tert-OH is 1. The Morgan fingerprint density at radius 3 is 2.33 bits per heavy atom. The van der Waals surface area contributed by atoms with Crippen LogP contribution < -0.4 is 0 Å². The van der Waals surface area contributed by atoms with E-state index < -0.39 is 0 Å². The summed E-state index contributed by atoms with van der Waals surface area (Å²) >= 11 is 0. The number of hydrogen-bond donors (Lipinski definition) is 1. The Balaban J connectivity index is 3.88. The Morgan fingerprint density at radius 1 is 1.44 bits per heavy atom. The van der Waals surface area contributed by atoms with Crippen LogP contribution in [0.15, 0.2) is 23.8 Å². The Hall–Kier alpha value is -0.560. The fraction of sp³-hybridized carbons (Fsp3) is 0.500. The van der Waals surface area contributed by atoms with Crippen molar-refractivity contribution in [3.05, 3.63) is 23.8 Å². The Kier molecular flexibility index (Phi) is 4.06. The van der Waals surface area contributed by atoms with Gasteiger partial charge in [-0.3, -0.25) is 0 Å². The van der Waals surface area contributed by atoms with Gasteiger partial charge in [0.25, 0.3) is 0 Å². The maximum absolute atomic E-state index is 9.16. The van der Waals surface area contributed by atoms with Gasteiger partial charge in [-0.25, -0.2) is 0 Å². The normalized spacial score (nSPS) is 16.7. The zero-order valence-electron chi connectivity index (χ0n) is 6.26. The molecule has 0 saturated carbocycles. The van der Waals surface area contributed by atoms with Gasteiger partial charge >= 0.3 is 0 Å². The molecule has 9 heavy (non-hydrogen) atoms. The van der Waals surface area contributed by atoms with Gasteiger partial charge in [0.1, 0.15) is 0 Å². The molecule has 52 valence electrons. The predicted octanol–water partition coefficient (Wildman–Crippen LogP) is 1.89. The van der Waals surface area contributed by atoms with Crippen LogP contribution in [0.1, 0.15) is 20.8 Å². The van der Waals surface area contributed by atoms with E-state index in [-0.39, 0.29) is 6.10 Å². The van der Waals surface area contributed by atoms with E-state index in [9.17, 15) is 0 Å². The van der Waals surface area contributed by atoms with Crippen LogP contribution in [0.5, 0.6) is 0 Å². The average Bonchev–Trinajstić information content (AvgIpc) is 1.87. The minimum Gasteiger partial charge on any atom is -0.385 e. The lowest BCUT2D eigenvalue weighted by Gasteiger charge is -2.02. The van der Waals surface area contributed by atoms with Gasteiger partial charge < -0.3 is 5.11 Å². The van der Waals surface area contributed by atoms with Gasteiger partial charge in [-0.05, 0) is 26.3 Å². The molecule has 0 aliphatic carbocycles. The quantitative estimate of drug-likeness (QED) is 0.560. The minimum atomic E-state index is -0.389. The number of rotatable bonds is 2. The lowest BCUT2D eigenvalue weighted by atomic mass is 10.1. The second-order valence-electron chi connectivity index (χ2n) is 2.00. The van der Waals surface area contributed by atoms with Gasteiger partial charge in [0.05, 0.1) is 6.10 Å². The van der Waals surface area contributed by atoms with Crippen molar-refractivity contribution >= 4 is 0 Å². The van der Waals surface area contributed by atoms with Gasteiger partial charge in [-0.15, -0.1) is 0 Å². The Morgan fingerprint density at radius 2 is 2.00 bits per heavy atom. The first-order chi connectivity index (χ1) is 4.22. The molecule has 0 saturated heterocycles. The summed E-state index contributed by atoms with van der Waals surface area (Å²) in [6.07, 6.45) is 5.12. The van der Waals surface area contributed by atoms with E-state index in [0.717, 1.165) is 5.57 Å². The highest BCUT2D eigenvalue weighted by Crippen LogP contribution is 2.00. The molecule has 0 aromatic rings. The van der Waals surface area contributed by atoms with Crippen LogP contribution in [0, 0.1) is 0 Å². The molecular weight excluding hydrogens is 112 g/mol. The zero-order valence-corrected chi connectivity index (χ0v) is 6.26. The van der Waals surface area contributed by atoms with Crippen LogP contribution >= 0.6 is 0 Å². The molecule has 0 aromatic heterocycles. The molecule has 0 spiro atoms. The summed E-state index contributed by atoms with van der Waals surface area (Å²) in [7, 11) is 0. The lowest BCUT2D eigenvalue weighted by molar-refractivity contribution is 0.259. The summed E-state index contributed by atoms with van der Waals surface area (Å²) in [6.45, 7) is 5.72. The molecule has 0 aromatic carbocycles. The van der Waals surface area contributed by atoms with Gasteiger partial charge in [0.15, 0.2) is 0 Å². The molecule has 0 bridgehead atoms. The highest BCUT2D eigenvalue weighted by molar-refractivity contribution is 5.10. The number of hydrogen-bond acceptors (Lipinski definition) is 1. The van der Waals surface area contributed by atoms with Crippen molar-refractivity contribution in [1.29, 1.82) is 0 Å². The molecule has 1 heteroatoms. The molecule has 0 aliphatic heterocycles. The van der Waals surface area contributed by atoms with Gasteiger partial charge in [0, 0.05) is 0 Å². The van der Waals surface area contributed by atoms with E-state index >= 15 is 0 Å². The molecule has 0 radical (unpaired) electrons. The highest BCUT2D eigenvalue weighted by atomic mass is 16.3. The third-order valence-electron chi connectivity index (χ3n) is 1.30. The molecule has 0 fully saturated rings. The molecular formula is C8H14O. The molecule has 1 unspecified atom stereocenters. The SMILES string of the molecule is CC=CC(O)C(C)=CC. The molecule has 0 amide bonds. The minimum absolute atomic E-state index is 0.389. The zero-order chi connectivity index (χ0) is 7.28. The second kappa shape index (κ2) is 4.33. The van der Waals surface area contributed by atoms with E-state index in [1.807, 2.05) is 32.9 Å². The van der Waals surface area contributed by atoms with Crippen molar-refractivity contribution in [1.82, 2.24) is 0 Å². The predicted molar refractivity (Wildman–Crippen MR) is 40.3 cm³/mol. The van der Waals surface area contributed by atoms with Crippen molar-refractivity contribution in [2.75, 3.05) is 0 Å². The monoisotopic (exact) mass is 126 g/mol. The summed E-state index contributed by atoms with van der Waals surface area (Å²) in [6, 6.07) is 0. The third-order valence-corrected chi connectivity index (χ3v) is 1.30. The molecule has 0 aliphatic rings. The smallest absolute Gasteiger partial charge is 0.0928 e. The van der Waals surface area contributed by atoms with Gasteiger partial charge in [-0.1, -0.05) is 18.2 Å². The summed E-state index contributed by atoms with van der Waals surface area (Å²) in [5.74, 6) is 0. The maximum Gasteiger partial charge on any atom is 0.0928 e. The van der Waals surface area contributed by atoms with Crippen LogP contribution in [0.4, 0.5) is 0 Å². The van der Waals surface area contributed by atoms with E-state index in [1.165, 1.54) is 0 Å². The first kappa shape index (κ1) is 8.44. The van der Waals surface area contributed by atoms with Crippen LogP contribution in [-0.4, -0.2) is 11.2 Å². The van der Waals surface area contributed by atoms with Crippen molar-refractivity contribution < 1.29 is 5.11 Å². The standard InChI is InChI=1S/C8H14O/c1-4-6-8(9)7(3)5-2/h4-6,8-9H,1-3H3. The topological polar surface area (TPSA) is 20.2 Å². The van der Waals surface area contributed by atoms with Gasteiger partial charge in [-0.2, -0.15) is 0 Å². The summed E-state index contributed by atoms with van der Waals surface area (Å²) in [5, 5.41) is 9.16. The fourth-order valence-electron chi connectivity index (χ4n) is 0.505. The summed E-state index contributed by atoms with van der Waals surface area (Å²) in [5.41, 5.74) is 0.994. The van der Waals surface area contributed by atoms with Crippen LogP contribution in [0.25, 0.3) is 0 Å². The number of allylic oxidation sites excluding steroid dienone is 2. The first-order valence-electron chi connectivity index (χ1n) is 3.16. The fourth-order valence-corrected chi connectivity index (χ4v) is 0.505. The molecule has 0 heterocycles. The molecule has 0 rings (SSSR count). The van der Waals surface area contributed by atoms with Crippen molar-refractivity contribution in [3.63, 3.8) is 0 Å². The first-order valence-corrected chi connectivity index (χ1v) is 3.16. The maximum atomic E-state index is 9.16. The van der Waals surface area contributed by atoms with Crippen LogP contribution in [0.3, 0.4) is 0 Å². The highest BCUT2D eigenvalue weighted by Gasteiger charge is 1.96. The van der Waals surface area contributed by atoms with Crippen molar-refractivity contribution in [2.24, 2.45) is 0 Å². The van der Waals surface area contributed by atoms with E-state index in [4.69, 9.17) is 5.11 Å². The Bertz CT molecular complexity index is 123. The second-order valence-corrected chi connectivity index (χ2v) is 2.00. The van der Waals surface area contributed by atoms with Crippen molar-refractivity contribution in [3.8, 4) is 0 Å². The van der Waals surface area contributed by atoms with Crippen molar-refractivity contribution in [2.45, 2.75) is 26.9 Å².